The first kappa shape index (κ1) is 18.3. The van der Waals surface area contributed by atoms with Crippen LogP contribution in [0.1, 0.15) is 27.7 Å². The maximum Gasteiger partial charge on any atom is 0.241 e. The Morgan fingerprint density at radius 3 is 2.42 bits per heavy atom. The number of nitrogens with zero attached hydrogens (tertiary/aromatic N) is 1. The van der Waals surface area contributed by atoms with E-state index < -0.39 is 11.6 Å². The van der Waals surface area contributed by atoms with Gasteiger partial charge in [0.25, 0.3) is 0 Å². The van der Waals surface area contributed by atoms with E-state index in [-0.39, 0.29) is 25.2 Å². The number of carbonyl (C=O) groups is 1. The normalized spacial score (nSPS) is 13.7. The maximum atomic E-state index is 11.8. The topological polar surface area (TPSA) is 85.0 Å². The number of hydrogen-bond acceptors (Lipinski definition) is 5. The first-order valence-electron chi connectivity index (χ1n) is 6.56. The van der Waals surface area contributed by atoms with Crippen LogP contribution >= 0.6 is 0 Å². The van der Waals surface area contributed by atoms with Gasteiger partial charge < -0.3 is 25.2 Å². The average molecular weight is 276 g/mol. The van der Waals surface area contributed by atoms with E-state index in [1.807, 2.05) is 13.8 Å². The number of hydrogen-bond donors (Lipinski definition) is 2. The zero-order valence-corrected chi connectivity index (χ0v) is 12.7. The predicted molar refractivity (Wildman–Crippen MR) is 73.8 cm³/mol. The van der Waals surface area contributed by atoms with Crippen LogP contribution in [0.2, 0.25) is 0 Å². The molecule has 0 fully saturated rings. The molecule has 1 amide bonds. The number of nitrogens with two attached hydrogens (primary N) is 1. The van der Waals surface area contributed by atoms with Crippen LogP contribution in [0.4, 0.5) is 0 Å². The molecule has 6 nitrogen and oxygen atoms in total. The molecule has 0 heterocycles. The summed E-state index contributed by atoms with van der Waals surface area (Å²) in [6.07, 6.45) is -0.556. The fraction of sp³-hybridized carbons (Fsp3) is 0.923. The Bertz CT molecular complexity index is 264. The molecule has 0 aromatic heterocycles. The van der Waals surface area contributed by atoms with Crippen molar-refractivity contribution in [1.82, 2.24) is 4.90 Å². The zero-order valence-electron chi connectivity index (χ0n) is 12.7. The van der Waals surface area contributed by atoms with Crippen LogP contribution in [0.15, 0.2) is 0 Å². The highest BCUT2D eigenvalue weighted by Gasteiger charge is 2.26. The molecule has 0 rings (SSSR count). The maximum absolute atomic E-state index is 11.8. The number of likely N-dealkylation sites (N-methyl/N-ethyl adjacent to an activating group) is 1. The fourth-order valence-corrected chi connectivity index (χ4v) is 1.51. The molecule has 0 aliphatic carbocycles. The molecular weight excluding hydrogens is 248 g/mol. The van der Waals surface area contributed by atoms with Gasteiger partial charge in [-0.15, -0.1) is 0 Å². The first-order valence-corrected chi connectivity index (χ1v) is 6.56. The Labute approximate surface area is 115 Å². The van der Waals surface area contributed by atoms with Crippen molar-refractivity contribution in [2.45, 2.75) is 45.4 Å². The Hall–Kier alpha value is -0.690. The molecule has 0 spiro atoms. The summed E-state index contributed by atoms with van der Waals surface area (Å²) in [5.41, 5.74) is 4.77. The predicted octanol–water partition coefficient (Wildman–Crippen LogP) is -0.0154. The van der Waals surface area contributed by atoms with Gasteiger partial charge >= 0.3 is 0 Å². The highest BCUT2D eigenvalue weighted by Crippen LogP contribution is 2.03. The molecule has 0 aromatic rings. The van der Waals surface area contributed by atoms with Crippen LogP contribution in [0.5, 0.6) is 0 Å². The lowest BCUT2D eigenvalue weighted by Crippen LogP contribution is -2.51. The minimum atomic E-state index is -0.930. The number of aliphatic hydroxyl groups is 1. The Kier molecular flexibility index (Phi) is 8.17. The minimum absolute atomic E-state index is 0.170. The fourth-order valence-electron chi connectivity index (χ4n) is 1.51. The molecule has 0 radical (unpaired) electrons. The smallest absolute Gasteiger partial charge is 0.241 e. The number of aliphatic hydroxyl groups excluding tert-OH is 1. The molecule has 0 aliphatic rings. The first-order chi connectivity index (χ1) is 8.64. The van der Waals surface area contributed by atoms with E-state index >= 15 is 0 Å². The van der Waals surface area contributed by atoms with Crippen molar-refractivity contribution in [1.29, 1.82) is 0 Å². The van der Waals surface area contributed by atoms with Crippen molar-refractivity contribution in [3.63, 3.8) is 0 Å². The molecule has 0 saturated carbocycles. The summed E-state index contributed by atoms with van der Waals surface area (Å²) in [5, 5.41) is 9.74. The lowest BCUT2D eigenvalue weighted by atomic mass is 10.1. The Balaban J connectivity index is 3.80. The molecular formula is C13H28N2O4. The SMILES string of the molecule is CC(C)OCCOCC(O)CN(C)C(=O)C(C)(C)N. The quantitative estimate of drug-likeness (QED) is 0.578. The second-order valence-corrected chi connectivity index (χ2v) is 5.56. The monoisotopic (exact) mass is 276 g/mol. The lowest BCUT2D eigenvalue weighted by Gasteiger charge is -2.27. The van der Waals surface area contributed by atoms with E-state index in [4.69, 9.17) is 15.2 Å². The van der Waals surface area contributed by atoms with Crippen LogP contribution in [0, 0.1) is 0 Å². The average Bonchev–Trinajstić information content (AvgIpc) is 2.25. The van der Waals surface area contributed by atoms with Crippen LogP contribution in [0.3, 0.4) is 0 Å². The van der Waals surface area contributed by atoms with Gasteiger partial charge in [0.2, 0.25) is 5.91 Å². The standard InChI is InChI=1S/C13H28N2O4/c1-10(2)19-7-6-18-9-11(16)8-15(5)12(17)13(3,4)14/h10-11,16H,6-9,14H2,1-5H3. The van der Waals surface area contributed by atoms with E-state index in [0.29, 0.717) is 13.2 Å². The summed E-state index contributed by atoms with van der Waals surface area (Å²) >= 11 is 0. The molecule has 3 N–H and O–H groups in total. The van der Waals surface area contributed by atoms with Crippen molar-refractivity contribution in [3.05, 3.63) is 0 Å². The summed E-state index contributed by atoms with van der Waals surface area (Å²) in [4.78, 5) is 13.2. The number of ether oxygens (including phenoxy) is 2. The zero-order chi connectivity index (χ0) is 15.1. The second-order valence-electron chi connectivity index (χ2n) is 5.56. The second kappa shape index (κ2) is 8.47. The van der Waals surface area contributed by atoms with Crippen LogP contribution in [-0.2, 0) is 14.3 Å². The highest BCUT2D eigenvalue weighted by molar-refractivity contribution is 5.84. The largest absolute Gasteiger partial charge is 0.389 e. The van der Waals surface area contributed by atoms with Gasteiger partial charge in [0.05, 0.1) is 37.6 Å². The summed E-state index contributed by atoms with van der Waals surface area (Å²) in [7, 11) is 1.61. The number of carbonyl (C=O) groups excluding carboxylic acids is 1. The molecule has 1 unspecified atom stereocenters. The summed E-state index contributed by atoms with van der Waals surface area (Å²) in [6, 6.07) is 0. The third-order valence-corrected chi connectivity index (χ3v) is 2.37. The van der Waals surface area contributed by atoms with Gasteiger partial charge in [-0.1, -0.05) is 0 Å². The number of amides is 1. The van der Waals surface area contributed by atoms with E-state index in [1.165, 1.54) is 4.90 Å². The van der Waals surface area contributed by atoms with Gasteiger partial charge in [0.15, 0.2) is 0 Å². The van der Waals surface area contributed by atoms with Crippen LogP contribution in [-0.4, -0.2) is 67.1 Å². The molecule has 114 valence electrons. The van der Waals surface area contributed by atoms with E-state index in [1.54, 1.807) is 20.9 Å². The van der Waals surface area contributed by atoms with E-state index in [9.17, 15) is 9.90 Å². The molecule has 0 saturated heterocycles. The van der Waals surface area contributed by atoms with Crippen molar-refractivity contribution in [2.75, 3.05) is 33.4 Å². The molecule has 0 aromatic carbocycles. The minimum Gasteiger partial charge on any atom is -0.389 e. The van der Waals surface area contributed by atoms with Gasteiger partial charge in [0, 0.05) is 13.6 Å². The van der Waals surface area contributed by atoms with Gasteiger partial charge in [-0.3, -0.25) is 4.79 Å². The Morgan fingerprint density at radius 2 is 1.95 bits per heavy atom. The Morgan fingerprint density at radius 1 is 1.37 bits per heavy atom. The summed E-state index contributed by atoms with van der Waals surface area (Å²) in [5.74, 6) is -0.213. The molecule has 0 bridgehead atoms. The van der Waals surface area contributed by atoms with Crippen LogP contribution in [0.25, 0.3) is 0 Å². The van der Waals surface area contributed by atoms with Gasteiger partial charge in [0.1, 0.15) is 0 Å². The third-order valence-electron chi connectivity index (χ3n) is 2.37. The number of rotatable bonds is 9. The molecule has 19 heavy (non-hydrogen) atoms. The third kappa shape index (κ3) is 8.93. The van der Waals surface area contributed by atoms with Gasteiger partial charge in [-0.2, -0.15) is 0 Å². The lowest BCUT2D eigenvalue weighted by molar-refractivity contribution is -0.136. The van der Waals surface area contributed by atoms with Crippen molar-refractivity contribution in [3.8, 4) is 0 Å². The van der Waals surface area contributed by atoms with E-state index in [0.717, 1.165) is 0 Å². The van der Waals surface area contributed by atoms with Crippen molar-refractivity contribution >= 4 is 5.91 Å². The molecule has 6 heteroatoms. The molecule has 1 atom stereocenters. The van der Waals surface area contributed by atoms with Gasteiger partial charge in [-0.05, 0) is 27.7 Å². The summed E-state index contributed by atoms with van der Waals surface area (Å²) < 4.78 is 10.6. The van der Waals surface area contributed by atoms with Crippen molar-refractivity contribution < 1.29 is 19.4 Å². The van der Waals surface area contributed by atoms with E-state index in [2.05, 4.69) is 0 Å². The van der Waals surface area contributed by atoms with Crippen LogP contribution < -0.4 is 5.73 Å². The summed E-state index contributed by atoms with van der Waals surface area (Å²) in [6.45, 7) is 8.46. The van der Waals surface area contributed by atoms with Gasteiger partial charge in [-0.25, -0.2) is 0 Å². The molecule has 0 aliphatic heterocycles. The highest BCUT2D eigenvalue weighted by atomic mass is 16.5. The van der Waals surface area contributed by atoms with Crippen molar-refractivity contribution in [2.24, 2.45) is 5.73 Å².